The lowest BCUT2D eigenvalue weighted by Gasteiger charge is -2.31. The Labute approximate surface area is 248 Å². The third-order valence-electron chi connectivity index (χ3n) is 7.73. The van der Waals surface area contributed by atoms with E-state index in [0.29, 0.717) is 42.5 Å². The van der Waals surface area contributed by atoms with Gasteiger partial charge < -0.3 is 20.3 Å². The molecule has 4 N–H and O–H groups in total. The molecule has 1 saturated heterocycles. The number of sulfonamides is 1. The molecule has 2 heterocycles. The molecule has 0 spiro atoms. The van der Waals surface area contributed by atoms with Crippen molar-refractivity contribution in [2.45, 2.75) is 108 Å². The highest BCUT2D eigenvalue weighted by atomic mass is 32.2. The van der Waals surface area contributed by atoms with Gasteiger partial charge in [0.25, 0.3) is 5.91 Å². The van der Waals surface area contributed by atoms with Gasteiger partial charge in [0.1, 0.15) is 0 Å². The summed E-state index contributed by atoms with van der Waals surface area (Å²) in [6.45, 7) is 9.48. The molecule has 1 aromatic carbocycles. The van der Waals surface area contributed by atoms with Crippen LogP contribution in [0, 0.1) is 5.92 Å². The molecule has 2 aliphatic rings. The van der Waals surface area contributed by atoms with Crippen molar-refractivity contribution in [1.29, 1.82) is 0 Å². The van der Waals surface area contributed by atoms with Crippen molar-refractivity contribution in [3.8, 4) is 10.4 Å². The fourth-order valence-electron chi connectivity index (χ4n) is 5.57. The van der Waals surface area contributed by atoms with Gasteiger partial charge in [-0.15, -0.1) is 11.3 Å². The molecule has 41 heavy (non-hydrogen) atoms. The average Bonchev–Trinajstić information content (AvgIpc) is 3.30. The zero-order chi connectivity index (χ0) is 30.1. The number of nitrogens with zero attached hydrogens (tertiary/aromatic N) is 1. The number of aromatic nitrogens is 1. The van der Waals surface area contributed by atoms with E-state index >= 15 is 0 Å². The smallest absolute Gasteiger partial charge is 0.280 e. The highest BCUT2D eigenvalue weighted by molar-refractivity contribution is 7.89. The van der Waals surface area contributed by atoms with Crippen LogP contribution in [0.1, 0.15) is 101 Å². The van der Waals surface area contributed by atoms with Crippen LogP contribution >= 0.6 is 11.3 Å². The van der Waals surface area contributed by atoms with E-state index in [1.807, 2.05) is 0 Å². The largest absolute Gasteiger partial charge is 0.388 e. The molecule has 2 aromatic rings. The van der Waals surface area contributed by atoms with Gasteiger partial charge in [0.2, 0.25) is 10.0 Å². The lowest BCUT2D eigenvalue weighted by atomic mass is 9.85. The molecule has 0 atom stereocenters. The number of carbonyl (C=O) groups excluding carboxylic acids is 1. The molecule has 228 valence electrons. The summed E-state index contributed by atoms with van der Waals surface area (Å²) in [5.74, 6) is 0.121. The van der Waals surface area contributed by atoms with Crippen LogP contribution in [-0.2, 0) is 26.8 Å². The summed E-state index contributed by atoms with van der Waals surface area (Å²) in [7, 11) is -3.91. The second-order valence-corrected chi connectivity index (χ2v) is 15.8. The Morgan fingerprint density at radius 1 is 1.12 bits per heavy atom. The fraction of sp³-hybridized carbons (Fsp3) is 0.667. The standard InChI is InChI=1S/C30H45N3O6S2/c1-28(2,3)33-41(37,38)24-12-11-21(18-22(24)29(4,5)35)25-23(17-20-9-7-6-8-10-20)32-27(40-25)26(34)31-19-30(36)13-15-39-16-14-30/h11-12,18,20,33,35-36H,6-10,13-17,19H2,1-5H3,(H,31,34). The van der Waals surface area contributed by atoms with Gasteiger partial charge in [-0.1, -0.05) is 38.2 Å². The number of hydrogen-bond donors (Lipinski definition) is 4. The number of ether oxygens (including phenoxy) is 1. The fourth-order valence-corrected chi connectivity index (χ4v) is 8.33. The van der Waals surface area contributed by atoms with Crippen LogP contribution in [0.15, 0.2) is 23.1 Å². The second-order valence-electron chi connectivity index (χ2n) is 13.1. The van der Waals surface area contributed by atoms with Crippen LogP contribution in [0.3, 0.4) is 0 Å². The highest BCUT2D eigenvalue weighted by Crippen LogP contribution is 2.38. The molecule has 1 saturated carbocycles. The maximum Gasteiger partial charge on any atom is 0.280 e. The molecule has 11 heteroatoms. The van der Waals surface area contributed by atoms with Gasteiger partial charge in [-0.3, -0.25) is 4.79 Å². The Balaban J connectivity index is 1.71. The van der Waals surface area contributed by atoms with Crippen LogP contribution in [0.25, 0.3) is 10.4 Å². The van der Waals surface area contributed by atoms with Gasteiger partial charge in [-0.25, -0.2) is 18.1 Å². The highest BCUT2D eigenvalue weighted by Gasteiger charge is 2.33. The minimum absolute atomic E-state index is 0.0182. The third kappa shape index (κ3) is 8.36. The zero-order valence-corrected chi connectivity index (χ0v) is 26.5. The average molecular weight is 608 g/mol. The molecule has 1 aromatic heterocycles. The van der Waals surface area contributed by atoms with E-state index in [2.05, 4.69) is 10.0 Å². The minimum Gasteiger partial charge on any atom is -0.388 e. The molecule has 1 amide bonds. The number of carbonyl (C=O) groups is 1. The molecule has 0 unspecified atom stereocenters. The monoisotopic (exact) mass is 607 g/mol. The SMILES string of the molecule is CC(C)(C)NS(=O)(=O)c1ccc(-c2sc(C(=O)NCC3(O)CCOCC3)nc2CC2CCCCC2)cc1C(C)(C)O. The van der Waals surface area contributed by atoms with Crippen molar-refractivity contribution in [3.63, 3.8) is 0 Å². The molecule has 0 radical (unpaired) electrons. The second kappa shape index (κ2) is 12.4. The van der Waals surface area contributed by atoms with Gasteiger partial charge in [0, 0.05) is 43.7 Å². The molecular weight excluding hydrogens is 562 g/mol. The van der Waals surface area contributed by atoms with Crippen LogP contribution in [0.2, 0.25) is 0 Å². The van der Waals surface area contributed by atoms with Crippen molar-refractivity contribution >= 4 is 27.3 Å². The van der Waals surface area contributed by atoms with E-state index < -0.39 is 26.8 Å². The minimum atomic E-state index is -3.91. The zero-order valence-electron chi connectivity index (χ0n) is 24.9. The lowest BCUT2D eigenvalue weighted by molar-refractivity contribution is -0.0605. The number of rotatable bonds is 9. The first kappa shape index (κ1) is 32.0. The van der Waals surface area contributed by atoms with E-state index in [1.54, 1.807) is 46.8 Å². The summed E-state index contributed by atoms with van der Waals surface area (Å²) < 4.78 is 34.6. The van der Waals surface area contributed by atoms with Crippen molar-refractivity contribution < 1.29 is 28.2 Å². The Morgan fingerprint density at radius 2 is 1.78 bits per heavy atom. The summed E-state index contributed by atoms with van der Waals surface area (Å²) in [4.78, 5) is 18.8. The molecular formula is C30H45N3O6S2. The van der Waals surface area contributed by atoms with Crippen molar-refractivity contribution in [3.05, 3.63) is 34.5 Å². The molecule has 1 aliphatic heterocycles. The summed E-state index contributed by atoms with van der Waals surface area (Å²) in [5.41, 5.74) is -1.34. The van der Waals surface area contributed by atoms with Crippen molar-refractivity contribution in [2.75, 3.05) is 19.8 Å². The normalized spacial score (nSPS) is 18.8. The van der Waals surface area contributed by atoms with Gasteiger partial charge in [0.15, 0.2) is 5.01 Å². The summed E-state index contributed by atoms with van der Waals surface area (Å²) in [6.07, 6.45) is 7.45. The lowest BCUT2D eigenvalue weighted by Crippen LogP contribution is -2.46. The number of aliphatic hydroxyl groups is 2. The van der Waals surface area contributed by atoms with Crippen LogP contribution < -0.4 is 10.0 Å². The molecule has 2 fully saturated rings. The quantitative estimate of drug-likeness (QED) is 0.329. The van der Waals surface area contributed by atoms with E-state index in [9.17, 15) is 23.4 Å². The topological polar surface area (TPSA) is 138 Å². The Morgan fingerprint density at radius 3 is 2.39 bits per heavy atom. The van der Waals surface area contributed by atoms with Gasteiger partial charge in [-0.2, -0.15) is 0 Å². The van der Waals surface area contributed by atoms with E-state index in [0.717, 1.165) is 29.8 Å². The van der Waals surface area contributed by atoms with Crippen molar-refractivity contribution in [1.82, 2.24) is 15.0 Å². The maximum absolute atomic E-state index is 13.3. The van der Waals surface area contributed by atoms with E-state index in [-0.39, 0.29) is 22.9 Å². The molecule has 9 nitrogen and oxygen atoms in total. The molecule has 4 rings (SSSR count). The molecule has 0 bridgehead atoms. The van der Waals surface area contributed by atoms with E-state index in [4.69, 9.17) is 9.72 Å². The Hall–Kier alpha value is -1.89. The third-order valence-corrected chi connectivity index (χ3v) is 10.7. The summed E-state index contributed by atoms with van der Waals surface area (Å²) in [6, 6.07) is 4.97. The predicted molar refractivity (Wildman–Crippen MR) is 160 cm³/mol. The summed E-state index contributed by atoms with van der Waals surface area (Å²) in [5, 5.41) is 25.0. The van der Waals surface area contributed by atoms with E-state index in [1.165, 1.54) is 36.7 Å². The van der Waals surface area contributed by atoms with Crippen LogP contribution in [0.5, 0.6) is 0 Å². The Bertz CT molecular complexity index is 1330. The van der Waals surface area contributed by atoms with Crippen LogP contribution in [0.4, 0.5) is 0 Å². The first-order valence-electron chi connectivity index (χ1n) is 14.6. The first-order valence-corrected chi connectivity index (χ1v) is 16.9. The van der Waals surface area contributed by atoms with Crippen molar-refractivity contribution in [2.24, 2.45) is 5.92 Å². The number of thiazole rings is 1. The molecule has 1 aliphatic carbocycles. The van der Waals surface area contributed by atoms with Gasteiger partial charge in [-0.05, 0) is 64.7 Å². The van der Waals surface area contributed by atoms with Gasteiger partial charge >= 0.3 is 0 Å². The number of hydrogen-bond acceptors (Lipinski definition) is 8. The Kier molecular flexibility index (Phi) is 9.67. The van der Waals surface area contributed by atoms with Crippen LogP contribution in [-0.4, -0.2) is 60.4 Å². The first-order chi connectivity index (χ1) is 19.1. The predicted octanol–water partition coefficient (Wildman–Crippen LogP) is 4.51. The number of nitrogens with one attached hydrogen (secondary N) is 2. The number of amides is 1. The summed E-state index contributed by atoms with van der Waals surface area (Å²) >= 11 is 1.26. The maximum atomic E-state index is 13.3. The number of benzene rings is 1. The van der Waals surface area contributed by atoms with Gasteiger partial charge in [0.05, 0.1) is 26.7 Å².